The maximum Gasteiger partial charge on any atom is 0.0529 e. The van der Waals surface area contributed by atoms with E-state index in [2.05, 4.69) is 45.9 Å². The summed E-state index contributed by atoms with van der Waals surface area (Å²) in [7, 11) is 2.17. The molecular formula is C19H18ClN3. The highest BCUT2D eigenvalue weighted by Gasteiger charge is 2.21. The third kappa shape index (κ3) is 2.67. The normalized spacial score (nSPS) is 15.4. The van der Waals surface area contributed by atoms with E-state index < -0.39 is 0 Å². The van der Waals surface area contributed by atoms with Gasteiger partial charge in [0.15, 0.2) is 0 Å². The summed E-state index contributed by atoms with van der Waals surface area (Å²) >= 11 is 6.23. The highest BCUT2D eigenvalue weighted by atomic mass is 35.5. The quantitative estimate of drug-likeness (QED) is 0.701. The minimum atomic E-state index is 0.795. The van der Waals surface area contributed by atoms with Gasteiger partial charge in [-0.2, -0.15) is 0 Å². The standard InChI is InChI=1S/C19H18ClN3/c1-22-10-7-19-17(13-22)16-12-15(20)2-3-18(16)23(19)11-6-14-4-8-21-9-5-14/h2-6,8-9,11-12H,7,10,13H2,1H3. The topological polar surface area (TPSA) is 21.1 Å². The molecule has 1 aliphatic heterocycles. The van der Waals surface area contributed by atoms with Gasteiger partial charge in [0.2, 0.25) is 0 Å². The monoisotopic (exact) mass is 323 g/mol. The summed E-state index contributed by atoms with van der Waals surface area (Å²) in [6, 6.07) is 10.2. The number of rotatable bonds is 2. The van der Waals surface area contributed by atoms with Gasteiger partial charge < -0.3 is 9.47 Å². The van der Waals surface area contributed by atoms with Crippen molar-refractivity contribution in [1.82, 2.24) is 14.5 Å². The van der Waals surface area contributed by atoms with Gasteiger partial charge in [-0.05, 0) is 54.6 Å². The number of nitrogens with zero attached hydrogens (tertiary/aromatic N) is 3. The summed E-state index contributed by atoms with van der Waals surface area (Å²) in [5.74, 6) is 0. The van der Waals surface area contributed by atoms with Crippen molar-refractivity contribution in [2.45, 2.75) is 13.0 Å². The van der Waals surface area contributed by atoms with Crippen molar-refractivity contribution in [1.29, 1.82) is 0 Å². The third-order valence-electron chi connectivity index (χ3n) is 4.46. The zero-order valence-corrected chi connectivity index (χ0v) is 13.8. The van der Waals surface area contributed by atoms with Crippen molar-refractivity contribution in [3.05, 3.63) is 64.6 Å². The van der Waals surface area contributed by atoms with Crippen molar-refractivity contribution < 1.29 is 0 Å². The Kier molecular flexibility index (Phi) is 3.68. The summed E-state index contributed by atoms with van der Waals surface area (Å²) in [6.07, 6.45) is 8.98. The van der Waals surface area contributed by atoms with Gasteiger partial charge in [-0.25, -0.2) is 0 Å². The Hall–Kier alpha value is -2.10. The molecule has 0 radical (unpaired) electrons. The Bertz CT molecular complexity index is 881. The molecule has 0 fully saturated rings. The number of halogens is 1. The van der Waals surface area contributed by atoms with Gasteiger partial charge in [-0.1, -0.05) is 11.6 Å². The molecule has 0 N–H and O–H groups in total. The minimum Gasteiger partial charge on any atom is -0.320 e. The molecule has 0 bridgehead atoms. The number of benzene rings is 1. The van der Waals surface area contributed by atoms with Gasteiger partial charge >= 0.3 is 0 Å². The Labute approximate surface area is 140 Å². The van der Waals surface area contributed by atoms with Crippen molar-refractivity contribution in [3.8, 4) is 0 Å². The van der Waals surface area contributed by atoms with Crippen LogP contribution >= 0.6 is 11.6 Å². The predicted octanol–water partition coefficient (Wildman–Crippen LogP) is 4.31. The summed E-state index contributed by atoms with van der Waals surface area (Å²) < 4.78 is 2.31. The first-order valence-corrected chi connectivity index (χ1v) is 8.18. The van der Waals surface area contributed by atoms with Crippen molar-refractivity contribution in [3.63, 3.8) is 0 Å². The van der Waals surface area contributed by atoms with Crippen LogP contribution in [-0.2, 0) is 13.0 Å². The number of fused-ring (bicyclic) bond motifs is 3. The predicted molar refractivity (Wildman–Crippen MR) is 96.4 cm³/mol. The molecule has 3 heterocycles. The van der Waals surface area contributed by atoms with E-state index in [4.69, 9.17) is 11.6 Å². The van der Waals surface area contributed by atoms with Crippen LogP contribution in [0.25, 0.3) is 23.2 Å². The highest BCUT2D eigenvalue weighted by molar-refractivity contribution is 6.31. The fourth-order valence-electron chi connectivity index (χ4n) is 3.31. The number of aromatic nitrogens is 2. The first-order chi connectivity index (χ1) is 11.2. The Balaban J connectivity index is 1.87. The summed E-state index contributed by atoms with van der Waals surface area (Å²) in [5, 5.41) is 2.06. The second-order valence-electron chi connectivity index (χ2n) is 6.04. The van der Waals surface area contributed by atoms with Crippen LogP contribution in [0.4, 0.5) is 0 Å². The molecule has 4 heteroatoms. The van der Waals surface area contributed by atoms with Crippen LogP contribution in [0.3, 0.4) is 0 Å². The Morgan fingerprint density at radius 2 is 2.00 bits per heavy atom. The smallest absolute Gasteiger partial charge is 0.0529 e. The molecule has 0 spiro atoms. The molecule has 3 aromatic rings. The van der Waals surface area contributed by atoms with Crippen LogP contribution in [0.2, 0.25) is 5.02 Å². The first kappa shape index (κ1) is 14.5. The Morgan fingerprint density at radius 3 is 2.83 bits per heavy atom. The average Bonchev–Trinajstić information content (AvgIpc) is 2.86. The van der Waals surface area contributed by atoms with Crippen LogP contribution in [0.1, 0.15) is 16.8 Å². The molecule has 4 rings (SSSR count). The number of pyridine rings is 1. The molecule has 1 aliphatic rings. The second-order valence-corrected chi connectivity index (χ2v) is 6.48. The van der Waals surface area contributed by atoms with Crippen molar-refractivity contribution >= 4 is 34.8 Å². The van der Waals surface area contributed by atoms with E-state index in [0.29, 0.717) is 0 Å². The van der Waals surface area contributed by atoms with Crippen LogP contribution < -0.4 is 0 Å². The number of likely N-dealkylation sites (N-methyl/N-ethyl adjacent to an activating group) is 1. The molecular weight excluding hydrogens is 306 g/mol. The lowest BCUT2D eigenvalue weighted by molar-refractivity contribution is 0.312. The van der Waals surface area contributed by atoms with Crippen molar-refractivity contribution in [2.24, 2.45) is 0 Å². The lowest BCUT2D eigenvalue weighted by Crippen LogP contribution is -2.26. The second kappa shape index (κ2) is 5.84. The minimum absolute atomic E-state index is 0.795. The molecule has 3 nitrogen and oxygen atoms in total. The maximum atomic E-state index is 6.23. The van der Waals surface area contributed by atoms with Gasteiger partial charge in [0, 0.05) is 54.2 Å². The zero-order valence-electron chi connectivity index (χ0n) is 13.0. The molecule has 23 heavy (non-hydrogen) atoms. The fourth-order valence-corrected chi connectivity index (χ4v) is 3.48. The lowest BCUT2D eigenvalue weighted by Gasteiger charge is -2.23. The lowest BCUT2D eigenvalue weighted by atomic mass is 10.1. The zero-order chi connectivity index (χ0) is 15.8. The van der Waals surface area contributed by atoms with Gasteiger partial charge in [0.25, 0.3) is 0 Å². The van der Waals surface area contributed by atoms with E-state index in [1.807, 2.05) is 30.6 Å². The maximum absolute atomic E-state index is 6.23. The van der Waals surface area contributed by atoms with E-state index in [9.17, 15) is 0 Å². The number of hydrogen-bond acceptors (Lipinski definition) is 2. The highest BCUT2D eigenvalue weighted by Crippen LogP contribution is 2.32. The molecule has 0 amide bonds. The van der Waals surface area contributed by atoms with Gasteiger partial charge in [-0.3, -0.25) is 4.98 Å². The molecule has 0 saturated heterocycles. The average molecular weight is 324 g/mol. The third-order valence-corrected chi connectivity index (χ3v) is 4.70. The van der Waals surface area contributed by atoms with Crippen LogP contribution in [0.5, 0.6) is 0 Å². The van der Waals surface area contributed by atoms with Crippen LogP contribution in [0.15, 0.2) is 42.7 Å². The van der Waals surface area contributed by atoms with Gasteiger partial charge in [0.05, 0.1) is 5.52 Å². The van der Waals surface area contributed by atoms with E-state index in [-0.39, 0.29) is 0 Å². The van der Waals surface area contributed by atoms with Crippen LogP contribution in [-0.4, -0.2) is 28.0 Å². The molecule has 116 valence electrons. The molecule has 0 aliphatic carbocycles. The molecule has 1 aromatic carbocycles. The van der Waals surface area contributed by atoms with E-state index in [1.165, 1.54) is 22.2 Å². The van der Waals surface area contributed by atoms with Crippen LogP contribution in [0, 0.1) is 0 Å². The van der Waals surface area contributed by atoms with Gasteiger partial charge in [-0.15, -0.1) is 0 Å². The largest absolute Gasteiger partial charge is 0.320 e. The first-order valence-electron chi connectivity index (χ1n) is 7.80. The van der Waals surface area contributed by atoms with Crippen molar-refractivity contribution in [2.75, 3.05) is 13.6 Å². The fraction of sp³-hybridized carbons (Fsp3) is 0.211. The van der Waals surface area contributed by atoms with E-state index in [1.54, 1.807) is 0 Å². The molecule has 0 unspecified atom stereocenters. The SMILES string of the molecule is CN1CCc2c(c3cc(Cl)ccc3n2C=Cc2ccncc2)C1. The molecule has 0 saturated carbocycles. The molecule has 0 atom stereocenters. The summed E-state index contributed by atoms with van der Waals surface area (Å²) in [5.41, 5.74) is 5.17. The summed E-state index contributed by atoms with van der Waals surface area (Å²) in [6.45, 7) is 2.06. The van der Waals surface area contributed by atoms with E-state index in [0.717, 1.165) is 30.1 Å². The Morgan fingerprint density at radius 1 is 1.17 bits per heavy atom. The summed E-state index contributed by atoms with van der Waals surface area (Å²) in [4.78, 5) is 6.43. The number of hydrogen-bond donors (Lipinski definition) is 0. The van der Waals surface area contributed by atoms with Gasteiger partial charge in [0.1, 0.15) is 0 Å². The molecule has 2 aromatic heterocycles. The van der Waals surface area contributed by atoms with E-state index >= 15 is 0 Å².